The SMILES string of the molecule is O=C(O)C1CCCn2cnc(C3CCCO3)c21. The number of ether oxygens (including phenoxy) is 1. The zero-order valence-corrected chi connectivity index (χ0v) is 9.63. The zero-order chi connectivity index (χ0) is 11.8. The fraction of sp³-hybridized carbons (Fsp3) is 0.667. The van der Waals surface area contributed by atoms with Gasteiger partial charge in [-0.1, -0.05) is 0 Å². The highest BCUT2D eigenvalue weighted by Crippen LogP contribution is 2.36. The van der Waals surface area contributed by atoms with Crippen LogP contribution in [0.5, 0.6) is 0 Å². The molecule has 0 amide bonds. The number of hydrogen-bond acceptors (Lipinski definition) is 3. The smallest absolute Gasteiger partial charge is 0.312 e. The third kappa shape index (κ3) is 1.74. The maximum atomic E-state index is 11.3. The van der Waals surface area contributed by atoms with Gasteiger partial charge in [-0.15, -0.1) is 0 Å². The van der Waals surface area contributed by atoms with Crippen LogP contribution in [-0.2, 0) is 16.1 Å². The number of carboxylic acid groups (broad SMARTS) is 1. The molecule has 2 aliphatic heterocycles. The minimum absolute atomic E-state index is 0.00574. The first-order valence-corrected chi connectivity index (χ1v) is 6.16. The standard InChI is InChI=1S/C12H16N2O3/c15-12(16)8-3-1-5-14-7-13-10(11(8)14)9-4-2-6-17-9/h7-9H,1-6H2,(H,15,16). The van der Waals surface area contributed by atoms with Crippen LogP contribution in [0.1, 0.15) is 49.1 Å². The number of rotatable bonds is 2. The second-order valence-corrected chi connectivity index (χ2v) is 4.74. The molecule has 1 N–H and O–H groups in total. The first-order valence-electron chi connectivity index (χ1n) is 6.16. The van der Waals surface area contributed by atoms with Gasteiger partial charge in [-0.3, -0.25) is 4.79 Å². The summed E-state index contributed by atoms with van der Waals surface area (Å²) in [7, 11) is 0. The lowest BCUT2D eigenvalue weighted by molar-refractivity contribution is -0.139. The molecule has 3 rings (SSSR count). The number of hydrogen-bond donors (Lipinski definition) is 1. The maximum absolute atomic E-state index is 11.3. The molecule has 92 valence electrons. The molecule has 2 unspecified atom stereocenters. The highest BCUT2D eigenvalue weighted by Gasteiger charge is 2.34. The maximum Gasteiger partial charge on any atom is 0.312 e. The molecule has 1 saturated heterocycles. The lowest BCUT2D eigenvalue weighted by Crippen LogP contribution is -2.23. The highest BCUT2D eigenvalue weighted by molar-refractivity contribution is 5.76. The summed E-state index contributed by atoms with van der Waals surface area (Å²) in [4.78, 5) is 15.7. The summed E-state index contributed by atoms with van der Waals surface area (Å²) in [5.41, 5.74) is 1.73. The van der Waals surface area contributed by atoms with Gasteiger partial charge in [0.2, 0.25) is 0 Å². The van der Waals surface area contributed by atoms with Gasteiger partial charge in [0.15, 0.2) is 0 Å². The molecule has 5 nitrogen and oxygen atoms in total. The monoisotopic (exact) mass is 236 g/mol. The quantitative estimate of drug-likeness (QED) is 0.848. The van der Waals surface area contributed by atoms with Gasteiger partial charge in [0.05, 0.1) is 23.6 Å². The van der Waals surface area contributed by atoms with Gasteiger partial charge < -0.3 is 14.4 Å². The van der Waals surface area contributed by atoms with E-state index in [1.807, 2.05) is 4.57 Å². The highest BCUT2D eigenvalue weighted by atomic mass is 16.5. The van der Waals surface area contributed by atoms with E-state index in [1.165, 1.54) is 0 Å². The van der Waals surface area contributed by atoms with E-state index in [1.54, 1.807) is 6.33 Å². The van der Waals surface area contributed by atoms with Gasteiger partial charge in [0.1, 0.15) is 6.10 Å². The van der Waals surface area contributed by atoms with E-state index < -0.39 is 11.9 Å². The molecular weight excluding hydrogens is 220 g/mol. The van der Waals surface area contributed by atoms with Crippen LogP contribution in [0.2, 0.25) is 0 Å². The second kappa shape index (κ2) is 4.14. The number of imidazole rings is 1. The van der Waals surface area contributed by atoms with E-state index in [4.69, 9.17) is 4.74 Å². The minimum atomic E-state index is -0.745. The van der Waals surface area contributed by atoms with Crippen LogP contribution in [0.25, 0.3) is 0 Å². The lowest BCUT2D eigenvalue weighted by Gasteiger charge is -2.23. The Kier molecular flexibility index (Phi) is 2.63. The molecule has 1 aromatic rings. The zero-order valence-electron chi connectivity index (χ0n) is 9.63. The molecule has 0 aliphatic carbocycles. The van der Waals surface area contributed by atoms with Crippen molar-refractivity contribution in [3.63, 3.8) is 0 Å². The van der Waals surface area contributed by atoms with Crippen molar-refractivity contribution in [1.82, 2.24) is 9.55 Å². The molecule has 3 heterocycles. The summed E-state index contributed by atoms with van der Waals surface area (Å²) in [6.07, 6.45) is 5.38. The van der Waals surface area contributed by atoms with E-state index in [0.29, 0.717) is 6.42 Å². The van der Waals surface area contributed by atoms with Crippen molar-refractivity contribution in [3.05, 3.63) is 17.7 Å². The number of aliphatic carboxylic acids is 1. The van der Waals surface area contributed by atoms with E-state index in [-0.39, 0.29) is 6.10 Å². The normalized spacial score (nSPS) is 28.0. The number of carboxylic acids is 1. The number of aryl methyl sites for hydroxylation is 1. The van der Waals surface area contributed by atoms with Crippen molar-refractivity contribution in [2.75, 3.05) is 6.61 Å². The molecule has 17 heavy (non-hydrogen) atoms. The topological polar surface area (TPSA) is 64.3 Å². The Morgan fingerprint density at radius 1 is 1.47 bits per heavy atom. The van der Waals surface area contributed by atoms with E-state index in [9.17, 15) is 9.90 Å². The third-order valence-corrected chi connectivity index (χ3v) is 3.66. The second-order valence-electron chi connectivity index (χ2n) is 4.74. The number of aromatic nitrogens is 2. The molecule has 0 spiro atoms. The fourth-order valence-corrected chi connectivity index (χ4v) is 2.85. The molecule has 5 heteroatoms. The van der Waals surface area contributed by atoms with Crippen molar-refractivity contribution in [3.8, 4) is 0 Å². The largest absolute Gasteiger partial charge is 0.481 e. The summed E-state index contributed by atoms with van der Waals surface area (Å²) in [6, 6.07) is 0. The molecule has 0 radical (unpaired) electrons. The minimum Gasteiger partial charge on any atom is -0.481 e. The predicted molar refractivity (Wildman–Crippen MR) is 59.8 cm³/mol. The van der Waals surface area contributed by atoms with Gasteiger partial charge in [-0.05, 0) is 25.7 Å². The summed E-state index contributed by atoms with van der Waals surface area (Å²) in [6.45, 7) is 1.63. The van der Waals surface area contributed by atoms with Crippen molar-refractivity contribution in [2.45, 2.75) is 44.2 Å². The van der Waals surface area contributed by atoms with Crippen LogP contribution in [-0.4, -0.2) is 27.2 Å². The van der Waals surface area contributed by atoms with Gasteiger partial charge in [-0.2, -0.15) is 0 Å². The first-order chi connectivity index (χ1) is 8.27. The average Bonchev–Trinajstić information content (AvgIpc) is 2.96. The Balaban J connectivity index is 2.00. The average molecular weight is 236 g/mol. The molecule has 1 aromatic heterocycles. The molecule has 1 fully saturated rings. The molecular formula is C12H16N2O3. The molecule has 0 saturated carbocycles. The first kappa shape index (κ1) is 10.8. The van der Waals surface area contributed by atoms with Crippen LogP contribution in [0.4, 0.5) is 0 Å². The van der Waals surface area contributed by atoms with Gasteiger partial charge in [0, 0.05) is 13.2 Å². The van der Waals surface area contributed by atoms with Gasteiger partial charge in [-0.25, -0.2) is 4.98 Å². The van der Waals surface area contributed by atoms with Crippen molar-refractivity contribution in [1.29, 1.82) is 0 Å². The van der Waals surface area contributed by atoms with Crippen molar-refractivity contribution < 1.29 is 14.6 Å². The summed E-state index contributed by atoms with van der Waals surface area (Å²) in [5.74, 6) is -1.16. The van der Waals surface area contributed by atoms with Crippen LogP contribution in [0, 0.1) is 0 Å². The van der Waals surface area contributed by atoms with Crippen LogP contribution < -0.4 is 0 Å². The number of nitrogens with zero attached hydrogens (tertiary/aromatic N) is 2. The summed E-state index contributed by atoms with van der Waals surface area (Å²) < 4.78 is 7.61. The van der Waals surface area contributed by atoms with Gasteiger partial charge >= 0.3 is 5.97 Å². The molecule has 2 aliphatic rings. The Labute approximate surface area is 99.4 Å². The fourth-order valence-electron chi connectivity index (χ4n) is 2.85. The van der Waals surface area contributed by atoms with Crippen molar-refractivity contribution >= 4 is 5.97 Å². The number of fused-ring (bicyclic) bond motifs is 1. The Bertz CT molecular complexity index is 435. The van der Waals surface area contributed by atoms with E-state index in [2.05, 4.69) is 4.98 Å². The Morgan fingerprint density at radius 3 is 3.06 bits per heavy atom. The summed E-state index contributed by atoms with van der Waals surface area (Å²) in [5, 5.41) is 9.29. The Hall–Kier alpha value is -1.36. The van der Waals surface area contributed by atoms with Gasteiger partial charge in [0.25, 0.3) is 0 Å². The van der Waals surface area contributed by atoms with E-state index in [0.717, 1.165) is 43.8 Å². The predicted octanol–water partition coefficient (Wildman–Crippen LogP) is 1.70. The van der Waals surface area contributed by atoms with E-state index >= 15 is 0 Å². The van der Waals surface area contributed by atoms with Crippen LogP contribution in [0.15, 0.2) is 6.33 Å². The lowest BCUT2D eigenvalue weighted by atomic mass is 9.93. The van der Waals surface area contributed by atoms with Crippen LogP contribution >= 0.6 is 0 Å². The molecule has 2 atom stereocenters. The van der Waals surface area contributed by atoms with Crippen molar-refractivity contribution in [2.24, 2.45) is 0 Å². The third-order valence-electron chi connectivity index (χ3n) is 3.66. The molecule has 0 aromatic carbocycles. The summed E-state index contributed by atoms with van der Waals surface area (Å²) >= 11 is 0. The number of carbonyl (C=O) groups is 1. The Morgan fingerprint density at radius 2 is 2.35 bits per heavy atom. The van der Waals surface area contributed by atoms with Crippen LogP contribution in [0.3, 0.4) is 0 Å². The molecule has 0 bridgehead atoms.